The Kier molecular flexibility index (Phi) is 22.0. The van der Waals surface area contributed by atoms with Crippen LogP contribution in [0.3, 0.4) is 0 Å². The van der Waals surface area contributed by atoms with Gasteiger partial charge in [0, 0.05) is 25.5 Å². The lowest BCUT2D eigenvalue weighted by molar-refractivity contribution is 0.132. The quantitative estimate of drug-likeness (QED) is 0.0954. The molecule has 0 aromatic heterocycles. The van der Waals surface area contributed by atoms with Crippen LogP contribution in [0.4, 0.5) is 0 Å². The maximum Gasteiger partial charge on any atom is 0.101 e. The molecule has 1 aliphatic heterocycles. The fourth-order valence-corrected chi connectivity index (χ4v) is 6.37. The Labute approximate surface area is 251 Å². The summed E-state index contributed by atoms with van der Waals surface area (Å²) in [4.78, 5) is 5.26. The lowest BCUT2D eigenvalue weighted by Crippen LogP contribution is -2.38. The van der Waals surface area contributed by atoms with Gasteiger partial charge in [-0.2, -0.15) is 0 Å². The maximum absolute atomic E-state index is 2.66. The Balaban J connectivity index is 1.56. The fourth-order valence-electron chi connectivity index (χ4n) is 6.37. The van der Waals surface area contributed by atoms with E-state index in [1.807, 2.05) is 0 Å². The van der Waals surface area contributed by atoms with Crippen LogP contribution in [0.2, 0.25) is 0 Å². The van der Waals surface area contributed by atoms with Crippen molar-refractivity contribution in [3.63, 3.8) is 0 Å². The van der Waals surface area contributed by atoms with E-state index in [1.165, 1.54) is 173 Å². The van der Waals surface area contributed by atoms with Gasteiger partial charge in [-0.1, -0.05) is 185 Å². The topological polar surface area (TPSA) is 6.48 Å². The van der Waals surface area contributed by atoms with Gasteiger partial charge in [0.15, 0.2) is 0 Å². The molecule has 1 aliphatic rings. The molecule has 0 fully saturated rings. The predicted molar refractivity (Wildman–Crippen MR) is 178 cm³/mol. The molecule has 2 nitrogen and oxygen atoms in total. The van der Waals surface area contributed by atoms with Gasteiger partial charge in [0.1, 0.15) is 6.17 Å². The van der Waals surface area contributed by atoms with Gasteiger partial charge in [0.2, 0.25) is 0 Å². The van der Waals surface area contributed by atoms with Gasteiger partial charge in [-0.15, -0.1) is 0 Å². The zero-order chi connectivity index (χ0) is 28.4. The molecule has 1 atom stereocenters. The molecular formula is C38H68N2. The highest BCUT2D eigenvalue weighted by Gasteiger charge is 2.25. The minimum atomic E-state index is 0.552. The van der Waals surface area contributed by atoms with Gasteiger partial charge in [-0.05, 0) is 24.8 Å². The fraction of sp³-hybridized carbons (Fsp3) is 0.789. The number of unbranched alkanes of at least 4 members (excludes halogenated alkanes) is 22. The van der Waals surface area contributed by atoms with Crippen LogP contribution in [-0.4, -0.2) is 22.5 Å². The van der Waals surface area contributed by atoms with Gasteiger partial charge in [0.05, 0.1) is 0 Å². The van der Waals surface area contributed by atoms with Crippen LogP contribution < -0.4 is 0 Å². The van der Waals surface area contributed by atoms with Crippen molar-refractivity contribution in [1.29, 1.82) is 0 Å². The van der Waals surface area contributed by atoms with Crippen LogP contribution in [0.15, 0.2) is 42.7 Å². The maximum atomic E-state index is 2.66. The summed E-state index contributed by atoms with van der Waals surface area (Å²) in [6.45, 7) is 6.87. The average molecular weight is 553 g/mol. The third-order valence-corrected chi connectivity index (χ3v) is 9.01. The van der Waals surface area contributed by atoms with E-state index in [-0.39, 0.29) is 0 Å². The molecule has 0 radical (unpaired) electrons. The summed E-state index contributed by atoms with van der Waals surface area (Å²) in [6.07, 6.45) is 40.9. The summed E-state index contributed by atoms with van der Waals surface area (Å²) in [7, 11) is 0. The van der Waals surface area contributed by atoms with Crippen molar-refractivity contribution in [2.75, 3.05) is 6.54 Å². The van der Waals surface area contributed by atoms with Crippen LogP contribution in [0.5, 0.6) is 0 Å². The van der Waals surface area contributed by atoms with Crippen molar-refractivity contribution in [2.24, 2.45) is 0 Å². The van der Waals surface area contributed by atoms with Crippen LogP contribution >= 0.6 is 0 Å². The zero-order valence-corrected chi connectivity index (χ0v) is 27.1. The Hall–Kier alpha value is -1.44. The molecule has 0 saturated carbocycles. The Morgan fingerprint density at radius 1 is 0.450 bits per heavy atom. The molecular weight excluding hydrogens is 484 g/mol. The number of benzene rings is 1. The Morgan fingerprint density at radius 2 is 0.850 bits per heavy atom. The summed E-state index contributed by atoms with van der Waals surface area (Å²) >= 11 is 0. The summed E-state index contributed by atoms with van der Waals surface area (Å²) < 4.78 is 0. The molecule has 1 heterocycles. The monoisotopic (exact) mass is 553 g/mol. The van der Waals surface area contributed by atoms with Crippen molar-refractivity contribution in [3.8, 4) is 0 Å². The normalized spacial score (nSPS) is 15.0. The van der Waals surface area contributed by atoms with Gasteiger partial charge in [-0.3, -0.25) is 0 Å². The molecule has 2 heteroatoms. The summed E-state index contributed by atoms with van der Waals surface area (Å²) in [5.41, 5.74) is 1.43. The first-order valence-electron chi connectivity index (χ1n) is 18.1. The summed E-state index contributed by atoms with van der Waals surface area (Å²) in [5.74, 6) is 0. The third kappa shape index (κ3) is 17.4. The summed E-state index contributed by atoms with van der Waals surface area (Å²) in [5, 5.41) is 0. The van der Waals surface area contributed by atoms with Crippen molar-refractivity contribution < 1.29 is 0 Å². The van der Waals surface area contributed by atoms with Crippen molar-refractivity contribution in [2.45, 2.75) is 187 Å². The van der Waals surface area contributed by atoms with E-state index < -0.39 is 0 Å². The third-order valence-electron chi connectivity index (χ3n) is 9.01. The van der Waals surface area contributed by atoms with Gasteiger partial charge in [-0.25, -0.2) is 0 Å². The van der Waals surface area contributed by atoms with E-state index in [9.17, 15) is 0 Å². The summed E-state index contributed by atoms with van der Waals surface area (Å²) in [6, 6.07) is 11.0. The van der Waals surface area contributed by atoms with E-state index in [0.717, 1.165) is 6.54 Å². The lowest BCUT2D eigenvalue weighted by atomic mass is 10.0. The van der Waals surface area contributed by atoms with E-state index in [0.29, 0.717) is 6.17 Å². The first-order chi connectivity index (χ1) is 19.8. The molecule has 40 heavy (non-hydrogen) atoms. The van der Waals surface area contributed by atoms with Crippen molar-refractivity contribution in [3.05, 3.63) is 48.3 Å². The standard InChI is InChI=1S/C38H68N2/c1-3-5-7-9-11-13-14-15-16-17-18-19-21-23-28-32-38-39(33-29-24-22-20-12-10-8-6-4-2)34-35-40(38)36-37-30-26-25-27-31-37/h25-27,30-31,34-35,38H,3-24,28-29,32-33,36H2,1-2H3. The minimum Gasteiger partial charge on any atom is -0.356 e. The molecule has 1 unspecified atom stereocenters. The molecule has 0 spiro atoms. The number of hydrogen-bond acceptors (Lipinski definition) is 2. The molecule has 2 rings (SSSR count). The molecule has 230 valence electrons. The molecule has 0 saturated heterocycles. The largest absolute Gasteiger partial charge is 0.356 e. The van der Waals surface area contributed by atoms with Crippen molar-refractivity contribution >= 4 is 0 Å². The molecule has 0 amide bonds. The zero-order valence-electron chi connectivity index (χ0n) is 27.1. The molecule has 0 N–H and O–H groups in total. The number of rotatable bonds is 28. The number of nitrogens with zero attached hydrogens (tertiary/aromatic N) is 2. The molecule has 1 aromatic carbocycles. The highest BCUT2D eigenvalue weighted by molar-refractivity contribution is 5.16. The second-order valence-corrected chi connectivity index (χ2v) is 12.7. The Bertz CT molecular complexity index is 684. The van der Waals surface area contributed by atoms with E-state index in [2.05, 4.69) is 66.4 Å². The van der Waals surface area contributed by atoms with E-state index in [4.69, 9.17) is 0 Å². The smallest absolute Gasteiger partial charge is 0.101 e. The second kappa shape index (κ2) is 25.3. The SMILES string of the molecule is CCCCCCCCCCCCCCCCCC1N(CCCCCCCCCCC)C=CN1Cc1ccccc1. The molecule has 0 aliphatic carbocycles. The Morgan fingerprint density at radius 3 is 1.32 bits per heavy atom. The highest BCUT2D eigenvalue weighted by atomic mass is 15.4. The van der Waals surface area contributed by atoms with E-state index in [1.54, 1.807) is 0 Å². The van der Waals surface area contributed by atoms with Crippen LogP contribution in [-0.2, 0) is 6.54 Å². The van der Waals surface area contributed by atoms with Crippen LogP contribution in [0, 0.1) is 0 Å². The van der Waals surface area contributed by atoms with Crippen LogP contribution in [0.25, 0.3) is 0 Å². The highest BCUT2D eigenvalue weighted by Crippen LogP contribution is 2.25. The first-order valence-corrected chi connectivity index (χ1v) is 18.1. The first kappa shape index (κ1) is 34.8. The lowest BCUT2D eigenvalue weighted by Gasteiger charge is -2.33. The predicted octanol–water partition coefficient (Wildman–Crippen LogP) is 12.4. The van der Waals surface area contributed by atoms with Crippen molar-refractivity contribution in [1.82, 2.24) is 9.80 Å². The molecule has 1 aromatic rings. The van der Waals surface area contributed by atoms with E-state index >= 15 is 0 Å². The number of hydrogen-bond donors (Lipinski definition) is 0. The average Bonchev–Trinajstić information content (AvgIpc) is 3.35. The van der Waals surface area contributed by atoms with Gasteiger partial charge < -0.3 is 9.80 Å². The van der Waals surface area contributed by atoms with Crippen LogP contribution in [0.1, 0.15) is 180 Å². The van der Waals surface area contributed by atoms with Gasteiger partial charge >= 0.3 is 0 Å². The second-order valence-electron chi connectivity index (χ2n) is 12.7. The van der Waals surface area contributed by atoms with Gasteiger partial charge in [0.25, 0.3) is 0 Å². The molecule has 0 bridgehead atoms. The minimum absolute atomic E-state index is 0.552.